The molecule has 0 aliphatic carbocycles. The molecule has 4 heteroatoms. The van der Waals surface area contributed by atoms with E-state index in [9.17, 15) is 0 Å². The molecule has 0 saturated carbocycles. The summed E-state index contributed by atoms with van der Waals surface area (Å²) in [6.45, 7) is 0. The van der Waals surface area contributed by atoms with Gasteiger partial charge in [0.05, 0.1) is 0 Å². The summed E-state index contributed by atoms with van der Waals surface area (Å²) in [5.41, 5.74) is 0. The Morgan fingerprint density at radius 1 is 1.00 bits per heavy atom. The maximum atomic E-state index is 4.08. The predicted molar refractivity (Wildman–Crippen MR) is 43.1 cm³/mol. The first kappa shape index (κ1) is 6.42. The maximum absolute atomic E-state index is 4.08. The molecule has 0 aromatic carbocycles. The van der Waals surface area contributed by atoms with Crippen molar-refractivity contribution < 1.29 is 0 Å². The van der Waals surface area contributed by atoms with E-state index in [1.54, 1.807) is 24.7 Å². The van der Waals surface area contributed by atoms with Crippen molar-refractivity contribution in [1.82, 2.24) is 15.0 Å². The quantitative estimate of drug-likeness (QED) is 0.641. The standard InChI is InChI=1S/C7H5N3S/c1-2-8-6(9-3-1)7-10-4-5-11-7/h1-5H. The van der Waals surface area contributed by atoms with Crippen LogP contribution in [-0.4, -0.2) is 15.0 Å². The zero-order chi connectivity index (χ0) is 7.52. The van der Waals surface area contributed by atoms with Crippen molar-refractivity contribution in [3.8, 4) is 10.8 Å². The zero-order valence-corrected chi connectivity index (χ0v) is 6.45. The van der Waals surface area contributed by atoms with E-state index < -0.39 is 0 Å². The molecule has 0 unspecified atom stereocenters. The Balaban J connectivity index is 2.46. The number of nitrogens with zero attached hydrogens (tertiary/aromatic N) is 3. The van der Waals surface area contributed by atoms with Crippen molar-refractivity contribution >= 4 is 11.3 Å². The van der Waals surface area contributed by atoms with Gasteiger partial charge < -0.3 is 0 Å². The van der Waals surface area contributed by atoms with Crippen LogP contribution in [0.3, 0.4) is 0 Å². The van der Waals surface area contributed by atoms with Gasteiger partial charge in [0.25, 0.3) is 0 Å². The van der Waals surface area contributed by atoms with Gasteiger partial charge in [0.1, 0.15) is 0 Å². The lowest BCUT2D eigenvalue weighted by Gasteiger charge is -1.89. The summed E-state index contributed by atoms with van der Waals surface area (Å²) in [5, 5.41) is 2.77. The van der Waals surface area contributed by atoms with E-state index in [0.29, 0.717) is 5.82 Å². The van der Waals surface area contributed by atoms with Crippen molar-refractivity contribution in [1.29, 1.82) is 0 Å². The molecule has 54 valence electrons. The molecule has 3 nitrogen and oxygen atoms in total. The Morgan fingerprint density at radius 3 is 2.45 bits per heavy atom. The van der Waals surface area contributed by atoms with E-state index in [1.807, 2.05) is 5.38 Å². The fourth-order valence-corrected chi connectivity index (χ4v) is 1.33. The van der Waals surface area contributed by atoms with E-state index in [-0.39, 0.29) is 0 Å². The normalized spacial score (nSPS) is 9.82. The Hall–Kier alpha value is -1.29. The van der Waals surface area contributed by atoms with Crippen molar-refractivity contribution in [2.45, 2.75) is 0 Å². The molecule has 0 fully saturated rings. The topological polar surface area (TPSA) is 38.7 Å². The van der Waals surface area contributed by atoms with Crippen molar-refractivity contribution in [3.05, 3.63) is 30.0 Å². The molecular weight excluding hydrogens is 158 g/mol. The molecule has 0 amide bonds. The Kier molecular flexibility index (Phi) is 1.61. The van der Waals surface area contributed by atoms with Gasteiger partial charge in [0.15, 0.2) is 10.8 Å². The summed E-state index contributed by atoms with van der Waals surface area (Å²) in [6, 6.07) is 1.79. The number of thiazole rings is 1. The summed E-state index contributed by atoms with van der Waals surface area (Å²) in [5.74, 6) is 0.697. The Labute approximate surface area is 67.8 Å². The molecule has 0 atom stereocenters. The van der Waals surface area contributed by atoms with Crippen LogP contribution in [0.15, 0.2) is 30.0 Å². The third-order valence-electron chi connectivity index (χ3n) is 1.19. The average molecular weight is 163 g/mol. The van der Waals surface area contributed by atoms with Crippen LogP contribution in [-0.2, 0) is 0 Å². The maximum Gasteiger partial charge on any atom is 0.188 e. The molecule has 2 heterocycles. The highest BCUT2D eigenvalue weighted by molar-refractivity contribution is 7.12. The number of aromatic nitrogens is 3. The molecular formula is C7H5N3S. The van der Waals surface area contributed by atoms with E-state index in [0.717, 1.165) is 5.01 Å². The lowest BCUT2D eigenvalue weighted by atomic mass is 10.6. The molecule has 11 heavy (non-hydrogen) atoms. The minimum absolute atomic E-state index is 0.697. The van der Waals surface area contributed by atoms with Gasteiger partial charge in [0.2, 0.25) is 0 Å². The van der Waals surface area contributed by atoms with Crippen LogP contribution in [0.4, 0.5) is 0 Å². The second-order valence-corrected chi connectivity index (χ2v) is 2.80. The van der Waals surface area contributed by atoms with Crippen LogP contribution >= 0.6 is 11.3 Å². The van der Waals surface area contributed by atoms with Gasteiger partial charge in [-0.2, -0.15) is 0 Å². The monoisotopic (exact) mass is 163 g/mol. The van der Waals surface area contributed by atoms with Crippen LogP contribution in [0.1, 0.15) is 0 Å². The first-order chi connectivity index (χ1) is 5.47. The van der Waals surface area contributed by atoms with Crippen LogP contribution in [0.5, 0.6) is 0 Å². The largest absolute Gasteiger partial charge is 0.241 e. The highest BCUT2D eigenvalue weighted by atomic mass is 32.1. The fourth-order valence-electron chi connectivity index (χ4n) is 0.743. The van der Waals surface area contributed by atoms with Gasteiger partial charge in [-0.3, -0.25) is 0 Å². The first-order valence-corrected chi connectivity index (χ1v) is 4.01. The van der Waals surface area contributed by atoms with Gasteiger partial charge in [0, 0.05) is 24.0 Å². The molecule has 0 aliphatic rings. The molecule has 2 aromatic heterocycles. The Morgan fingerprint density at radius 2 is 1.82 bits per heavy atom. The highest BCUT2D eigenvalue weighted by Crippen LogP contribution is 2.15. The fraction of sp³-hybridized carbons (Fsp3) is 0. The Bertz CT molecular complexity index is 317. The minimum Gasteiger partial charge on any atom is -0.241 e. The SMILES string of the molecule is c1cnc(-c2nccs2)nc1. The van der Waals surface area contributed by atoms with Crippen LogP contribution in [0, 0.1) is 0 Å². The van der Waals surface area contributed by atoms with Crippen LogP contribution in [0.2, 0.25) is 0 Å². The molecule has 0 saturated heterocycles. The lowest BCUT2D eigenvalue weighted by molar-refractivity contribution is 1.16. The second kappa shape index (κ2) is 2.75. The van der Waals surface area contributed by atoms with Gasteiger partial charge in [-0.05, 0) is 6.07 Å². The average Bonchev–Trinajstić information content (AvgIpc) is 2.58. The third kappa shape index (κ3) is 1.25. The zero-order valence-electron chi connectivity index (χ0n) is 5.64. The van der Waals surface area contributed by atoms with E-state index in [1.165, 1.54) is 11.3 Å². The van der Waals surface area contributed by atoms with E-state index in [2.05, 4.69) is 15.0 Å². The summed E-state index contributed by atoms with van der Waals surface area (Å²) in [6.07, 6.45) is 5.17. The number of hydrogen-bond acceptors (Lipinski definition) is 4. The number of rotatable bonds is 1. The predicted octanol–water partition coefficient (Wildman–Crippen LogP) is 1.60. The smallest absolute Gasteiger partial charge is 0.188 e. The van der Waals surface area contributed by atoms with Crippen molar-refractivity contribution in [2.24, 2.45) is 0 Å². The van der Waals surface area contributed by atoms with Gasteiger partial charge >= 0.3 is 0 Å². The summed E-state index contributed by atoms with van der Waals surface area (Å²) >= 11 is 1.54. The van der Waals surface area contributed by atoms with Gasteiger partial charge in [-0.15, -0.1) is 11.3 Å². The van der Waals surface area contributed by atoms with E-state index in [4.69, 9.17) is 0 Å². The molecule has 0 spiro atoms. The van der Waals surface area contributed by atoms with Crippen LogP contribution in [0.25, 0.3) is 10.8 Å². The van der Waals surface area contributed by atoms with Gasteiger partial charge in [-0.1, -0.05) is 0 Å². The molecule has 2 rings (SSSR count). The van der Waals surface area contributed by atoms with Crippen molar-refractivity contribution in [3.63, 3.8) is 0 Å². The summed E-state index contributed by atoms with van der Waals surface area (Å²) < 4.78 is 0. The number of hydrogen-bond donors (Lipinski definition) is 0. The third-order valence-corrected chi connectivity index (χ3v) is 1.96. The second-order valence-electron chi connectivity index (χ2n) is 1.91. The lowest BCUT2D eigenvalue weighted by Crippen LogP contribution is -1.84. The van der Waals surface area contributed by atoms with Crippen molar-refractivity contribution in [2.75, 3.05) is 0 Å². The summed E-state index contributed by atoms with van der Waals surface area (Å²) in [7, 11) is 0. The molecule has 0 N–H and O–H groups in total. The van der Waals surface area contributed by atoms with Gasteiger partial charge in [-0.25, -0.2) is 15.0 Å². The molecule has 2 aromatic rings. The van der Waals surface area contributed by atoms with Crippen LogP contribution < -0.4 is 0 Å². The minimum atomic E-state index is 0.697. The summed E-state index contributed by atoms with van der Waals surface area (Å²) in [4.78, 5) is 12.2. The molecule has 0 bridgehead atoms. The molecule has 0 radical (unpaired) electrons. The first-order valence-electron chi connectivity index (χ1n) is 3.14. The molecule has 0 aliphatic heterocycles. The highest BCUT2D eigenvalue weighted by Gasteiger charge is 1.99. The van der Waals surface area contributed by atoms with E-state index >= 15 is 0 Å².